The summed E-state index contributed by atoms with van der Waals surface area (Å²) >= 11 is 0. The molecule has 21 heavy (non-hydrogen) atoms. The van der Waals surface area contributed by atoms with Crippen LogP contribution in [-0.4, -0.2) is 25.6 Å². The van der Waals surface area contributed by atoms with E-state index < -0.39 is 0 Å². The fourth-order valence-corrected chi connectivity index (χ4v) is 3.23. The Hall–Kier alpha value is -1.16. The van der Waals surface area contributed by atoms with Crippen LogP contribution in [0.2, 0.25) is 0 Å². The summed E-state index contributed by atoms with van der Waals surface area (Å²) < 4.78 is 17.5. The Bertz CT molecular complexity index is 463. The Morgan fingerprint density at radius 3 is 2.71 bits per heavy atom. The van der Waals surface area contributed by atoms with Gasteiger partial charge in [-0.1, -0.05) is 42.5 Å². The molecule has 3 rings (SSSR count). The van der Waals surface area contributed by atoms with E-state index in [1.165, 1.54) is 11.1 Å². The van der Waals surface area contributed by atoms with Crippen molar-refractivity contribution in [3.8, 4) is 0 Å². The standard InChI is InChI=1S/C18H24O3/c1-15-7-9-18(20-11-12-21-18)13-17(15)8-10-19-14-16-5-3-2-4-6-16/h2-6,17H,1,7-14H2. The first-order valence-corrected chi connectivity index (χ1v) is 7.85. The van der Waals surface area contributed by atoms with Crippen LogP contribution in [0.1, 0.15) is 31.2 Å². The Kier molecular flexibility index (Phi) is 4.73. The topological polar surface area (TPSA) is 27.7 Å². The number of hydrogen-bond donors (Lipinski definition) is 0. The SMILES string of the molecule is C=C1CCC2(CC1CCOCc1ccccc1)OCCO2. The molecule has 3 nitrogen and oxygen atoms in total. The smallest absolute Gasteiger partial charge is 0.169 e. The second kappa shape index (κ2) is 6.73. The Labute approximate surface area is 126 Å². The zero-order valence-electron chi connectivity index (χ0n) is 12.6. The molecule has 114 valence electrons. The second-order valence-electron chi connectivity index (χ2n) is 5.99. The maximum atomic E-state index is 5.83. The third-order valence-electron chi connectivity index (χ3n) is 4.50. The summed E-state index contributed by atoms with van der Waals surface area (Å²) in [6.45, 7) is 7.11. The van der Waals surface area contributed by atoms with Gasteiger partial charge in [-0.2, -0.15) is 0 Å². The van der Waals surface area contributed by atoms with Crippen molar-refractivity contribution in [2.24, 2.45) is 5.92 Å². The molecule has 0 amide bonds. The second-order valence-corrected chi connectivity index (χ2v) is 5.99. The Balaban J connectivity index is 1.44. The molecule has 1 aliphatic heterocycles. The van der Waals surface area contributed by atoms with Gasteiger partial charge in [0.05, 0.1) is 19.8 Å². The summed E-state index contributed by atoms with van der Waals surface area (Å²) in [6.07, 6.45) is 3.89. The maximum Gasteiger partial charge on any atom is 0.169 e. The average Bonchev–Trinajstić information content (AvgIpc) is 2.97. The average molecular weight is 288 g/mol. The molecule has 1 aliphatic carbocycles. The highest BCUT2D eigenvalue weighted by atomic mass is 16.7. The predicted octanol–water partition coefficient (Wildman–Crippen LogP) is 3.69. The first kappa shape index (κ1) is 14.8. The first-order valence-electron chi connectivity index (χ1n) is 7.85. The molecule has 0 N–H and O–H groups in total. The van der Waals surface area contributed by atoms with Gasteiger partial charge in [0, 0.05) is 19.4 Å². The van der Waals surface area contributed by atoms with Gasteiger partial charge in [-0.15, -0.1) is 0 Å². The summed E-state index contributed by atoms with van der Waals surface area (Å²) in [6, 6.07) is 10.3. The van der Waals surface area contributed by atoms with Crippen LogP contribution < -0.4 is 0 Å². The van der Waals surface area contributed by atoms with E-state index in [4.69, 9.17) is 14.2 Å². The lowest BCUT2D eigenvalue weighted by atomic mass is 9.79. The molecule has 0 aromatic heterocycles. The van der Waals surface area contributed by atoms with E-state index >= 15 is 0 Å². The van der Waals surface area contributed by atoms with Gasteiger partial charge >= 0.3 is 0 Å². The van der Waals surface area contributed by atoms with Crippen LogP contribution in [0.5, 0.6) is 0 Å². The molecular formula is C18H24O3. The zero-order chi connectivity index (χ0) is 14.5. The van der Waals surface area contributed by atoms with E-state index in [-0.39, 0.29) is 5.79 Å². The third kappa shape index (κ3) is 3.73. The minimum Gasteiger partial charge on any atom is -0.377 e. The molecule has 1 aromatic carbocycles. The highest BCUT2D eigenvalue weighted by Gasteiger charge is 2.42. The molecule has 1 aromatic rings. The van der Waals surface area contributed by atoms with Gasteiger partial charge in [0.1, 0.15) is 0 Å². The van der Waals surface area contributed by atoms with Crippen molar-refractivity contribution in [3.63, 3.8) is 0 Å². The number of allylic oxidation sites excluding steroid dienone is 1. The van der Waals surface area contributed by atoms with E-state index in [0.29, 0.717) is 12.5 Å². The molecule has 0 bridgehead atoms. The maximum absolute atomic E-state index is 5.83. The van der Waals surface area contributed by atoms with E-state index in [1.807, 2.05) is 18.2 Å². The van der Waals surface area contributed by atoms with Crippen molar-refractivity contribution >= 4 is 0 Å². The molecule has 1 atom stereocenters. The molecule has 1 spiro atoms. The van der Waals surface area contributed by atoms with Gasteiger partial charge in [0.15, 0.2) is 5.79 Å². The third-order valence-corrected chi connectivity index (χ3v) is 4.50. The highest BCUT2D eigenvalue weighted by Crippen LogP contribution is 2.42. The van der Waals surface area contributed by atoms with Gasteiger partial charge in [-0.25, -0.2) is 0 Å². The van der Waals surface area contributed by atoms with Gasteiger partial charge < -0.3 is 14.2 Å². The van der Waals surface area contributed by atoms with Crippen LogP contribution in [0.25, 0.3) is 0 Å². The lowest BCUT2D eigenvalue weighted by Gasteiger charge is -2.37. The van der Waals surface area contributed by atoms with E-state index in [0.717, 1.165) is 45.5 Å². The fraction of sp³-hybridized carbons (Fsp3) is 0.556. The van der Waals surface area contributed by atoms with Gasteiger partial charge in [-0.05, 0) is 24.3 Å². The predicted molar refractivity (Wildman–Crippen MR) is 81.8 cm³/mol. The summed E-state index contributed by atoms with van der Waals surface area (Å²) in [7, 11) is 0. The minimum absolute atomic E-state index is 0.328. The quantitative estimate of drug-likeness (QED) is 0.611. The van der Waals surface area contributed by atoms with Crippen molar-refractivity contribution in [1.82, 2.24) is 0 Å². The summed E-state index contributed by atoms with van der Waals surface area (Å²) in [5.74, 6) is 0.123. The Morgan fingerprint density at radius 1 is 1.19 bits per heavy atom. The lowest BCUT2D eigenvalue weighted by molar-refractivity contribution is -0.180. The molecule has 1 saturated carbocycles. The zero-order valence-corrected chi connectivity index (χ0v) is 12.6. The van der Waals surface area contributed by atoms with Crippen LogP contribution in [0.3, 0.4) is 0 Å². The van der Waals surface area contributed by atoms with Gasteiger partial charge in [-0.3, -0.25) is 0 Å². The normalized spacial score (nSPS) is 24.6. The number of benzene rings is 1. The first-order chi connectivity index (χ1) is 10.3. The lowest BCUT2D eigenvalue weighted by Crippen LogP contribution is -2.37. The monoisotopic (exact) mass is 288 g/mol. The Morgan fingerprint density at radius 2 is 1.95 bits per heavy atom. The van der Waals surface area contributed by atoms with Crippen molar-refractivity contribution < 1.29 is 14.2 Å². The van der Waals surface area contributed by atoms with Crippen molar-refractivity contribution in [2.45, 2.75) is 38.1 Å². The molecule has 0 radical (unpaired) electrons. The molecule has 1 heterocycles. The van der Waals surface area contributed by atoms with Crippen LogP contribution in [-0.2, 0) is 20.8 Å². The van der Waals surface area contributed by atoms with Gasteiger partial charge in [0.2, 0.25) is 0 Å². The largest absolute Gasteiger partial charge is 0.377 e. The molecule has 1 saturated heterocycles. The summed E-state index contributed by atoms with van der Waals surface area (Å²) in [5, 5.41) is 0. The van der Waals surface area contributed by atoms with Gasteiger partial charge in [0.25, 0.3) is 0 Å². The fourth-order valence-electron chi connectivity index (χ4n) is 3.23. The molecule has 2 fully saturated rings. The van der Waals surface area contributed by atoms with Crippen molar-refractivity contribution in [1.29, 1.82) is 0 Å². The molecule has 1 unspecified atom stereocenters. The van der Waals surface area contributed by atoms with E-state index in [1.54, 1.807) is 0 Å². The van der Waals surface area contributed by atoms with Crippen LogP contribution in [0.15, 0.2) is 42.5 Å². The van der Waals surface area contributed by atoms with Crippen LogP contribution in [0, 0.1) is 5.92 Å². The minimum atomic E-state index is -0.328. The summed E-state index contributed by atoms with van der Waals surface area (Å²) in [5.41, 5.74) is 2.54. The molecule has 2 aliphatic rings. The van der Waals surface area contributed by atoms with E-state index in [9.17, 15) is 0 Å². The number of ether oxygens (including phenoxy) is 3. The molecule has 3 heteroatoms. The summed E-state index contributed by atoms with van der Waals surface area (Å²) in [4.78, 5) is 0. The molecular weight excluding hydrogens is 264 g/mol. The van der Waals surface area contributed by atoms with Crippen LogP contribution in [0.4, 0.5) is 0 Å². The van der Waals surface area contributed by atoms with Crippen molar-refractivity contribution in [2.75, 3.05) is 19.8 Å². The highest BCUT2D eigenvalue weighted by molar-refractivity contribution is 5.13. The number of rotatable bonds is 5. The van der Waals surface area contributed by atoms with Crippen LogP contribution >= 0.6 is 0 Å². The van der Waals surface area contributed by atoms with E-state index in [2.05, 4.69) is 18.7 Å². The number of hydrogen-bond acceptors (Lipinski definition) is 3. The van der Waals surface area contributed by atoms with Crippen molar-refractivity contribution in [3.05, 3.63) is 48.0 Å².